The fourth-order valence-electron chi connectivity index (χ4n) is 2.78. The van der Waals surface area contributed by atoms with Crippen LogP contribution in [-0.4, -0.2) is 10.8 Å². The number of carbonyl (C=O) groups is 1. The van der Waals surface area contributed by atoms with E-state index in [4.69, 9.17) is 0 Å². The zero-order valence-corrected chi connectivity index (χ0v) is 13.6. The summed E-state index contributed by atoms with van der Waals surface area (Å²) in [5, 5.41) is 0.911. The number of benzene rings is 2. The highest BCUT2D eigenvalue weighted by atomic mass is 19.2. The lowest BCUT2D eigenvalue weighted by atomic mass is 10.00. The minimum atomic E-state index is -0.939. The Hall–Kier alpha value is -2.62. The van der Waals surface area contributed by atoms with Gasteiger partial charge in [0.1, 0.15) is 0 Å². The first-order chi connectivity index (χ1) is 11.5. The van der Waals surface area contributed by atoms with E-state index in [2.05, 4.69) is 11.9 Å². The van der Waals surface area contributed by atoms with Crippen molar-refractivity contribution in [2.24, 2.45) is 0 Å². The molecule has 2 aromatic carbocycles. The maximum atomic E-state index is 13.3. The summed E-state index contributed by atoms with van der Waals surface area (Å²) in [5.41, 5.74) is 3.97. The lowest BCUT2D eigenvalue weighted by Crippen LogP contribution is -2.04. The summed E-state index contributed by atoms with van der Waals surface area (Å²) in [6.07, 6.45) is 0.907. The van der Waals surface area contributed by atoms with Gasteiger partial charge in [-0.05, 0) is 60.9 Å². The summed E-state index contributed by atoms with van der Waals surface area (Å²) < 4.78 is 26.2. The molecule has 1 aromatic heterocycles. The van der Waals surface area contributed by atoms with Crippen LogP contribution in [0.25, 0.3) is 10.9 Å². The second-order valence-electron chi connectivity index (χ2n) is 5.84. The molecule has 1 heterocycles. The third-order valence-electron chi connectivity index (χ3n) is 4.16. The molecule has 0 unspecified atom stereocenters. The van der Waals surface area contributed by atoms with Crippen LogP contribution in [0.1, 0.15) is 34.1 Å². The topological polar surface area (TPSA) is 30.0 Å². The van der Waals surface area contributed by atoms with Crippen molar-refractivity contribution in [3.63, 3.8) is 0 Å². The summed E-state index contributed by atoms with van der Waals surface area (Å²) in [7, 11) is 0. The third kappa shape index (κ3) is 3.18. The third-order valence-corrected chi connectivity index (χ3v) is 4.16. The second kappa shape index (κ2) is 6.48. The van der Waals surface area contributed by atoms with Crippen LogP contribution in [0, 0.1) is 18.6 Å². The molecule has 0 amide bonds. The van der Waals surface area contributed by atoms with Crippen LogP contribution >= 0.6 is 0 Å². The van der Waals surface area contributed by atoms with Crippen molar-refractivity contribution in [2.75, 3.05) is 0 Å². The monoisotopic (exact) mass is 325 g/mol. The first-order valence-electron chi connectivity index (χ1n) is 7.85. The first-order valence-corrected chi connectivity index (χ1v) is 7.85. The van der Waals surface area contributed by atoms with Crippen molar-refractivity contribution >= 4 is 16.7 Å². The number of fused-ring (bicyclic) bond motifs is 1. The number of nitrogens with zero attached hydrogens (tertiary/aromatic N) is 1. The van der Waals surface area contributed by atoms with Gasteiger partial charge < -0.3 is 0 Å². The number of pyridine rings is 1. The zero-order chi connectivity index (χ0) is 17.3. The standard InChI is InChI=1S/C20H17F2NO/c1-3-14-10-16-11-15(5-7-19(16)23-12(14)2)20(24)9-13-4-6-17(21)18(22)8-13/h4-8,10-11H,3,9H2,1-2H3. The minimum Gasteiger partial charge on any atom is -0.294 e. The van der Waals surface area contributed by atoms with Crippen LogP contribution in [0.5, 0.6) is 0 Å². The number of Topliss-reactive ketones (excluding diaryl/α,β-unsaturated/α-hetero) is 1. The average molecular weight is 325 g/mol. The maximum absolute atomic E-state index is 13.3. The van der Waals surface area contributed by atoms with E-state index in [0.717, 1.165) is 40.7 Å². The molecule has 0 aliphatic carbocycles. The van der Waals surface area contributed by atoms with E-state index in [1.165, 1.54) is 6.07 Å². The molecule has 24 heavy (non-hydrogen) atoms. The molecule has 3 rings (SSSR count). The predicted octanol–water partition coefficient (Wildman–Crippen LogP) is 4.81. The van der Waals surface area contributed by atoms with Gasteiger partial charge in [0, 0.05) is 23.1 Å². The molecule has 0 bridgehead atoms. The summed E-state index contributed by atoms with van der Waals surface area (Å²) >= 11 is 0. The summed E-state index contributed by atoms with van der Waals surface area (Å²) in [4.78, 5) is 17.0. The zero-order valence-electron chi connectivity index (χ0n) is 13.6. The number of hydrogen-bond acceptors (Lipinski definition) is 2. The molecular formula is C20H17F2NO. The van der Waals surface area contributed by atoms with Gasteiger partial charge in [-0.2, -0.15) is 0 Å². The number of halogens is 2. The number of rotatable bonds is 4. The number of aryl methyl sites for hydroxylation is 2. The molecule has 0 radical (unpaired) electrons. The van der Waals surface area contributed by atoms with Gasteiger partial charge in [0.25, 0.3) is 0 Å². The van der Waals surface area contributed by atoms with Crippen LogP contribution in [-0.2, 0) is 12.8 Å². The summed E-state index contributed by atoms with van der Waals surface area (Å²) in [5.74, 6) is -1.99. The van der Waals surface area contributed by atoms with Gasteiger partial charge in [0.15, 0.2) is 17.4 Å². The van der Waals surface area contributed by atoms with Crippen LogP contribution in [0.15, 0.2) is 42.5 Å². The van der Waals surface area contributed by atoms with Gasteiger partial charge >= 0.3 is 0 Å². The van der Waals surface area contributed by atoms with E-state index in [-0.39, 0.29) is 12.2 Å². The SMILES string of the molecule is CCc1cc2cc(C(=O)Cc3ccc(F)c(F)c3)ccc2nc1C. The maximum Gasteiger partial charge on any atom is 0.167 e. The van der Waals surface area contributed by atoms with E-state index < -0.39 is 11.6 Å². The van der Waals surface area contributed by atoms with Gasteiger partial charge in [-0.15, -0.1) is 0 Å². The first kappa shape index (κ1) is 16.2. The Balaban J connectivity index is 1.91. The second-order valence-corrected chi connectivity index (χ2v) is 5.84. The van der Waals surface area contributed by atoms with Gasteiger partial charge in [0.2, 0.25) is 0 Å². The molecule has 0 saturated carbocycles. The van der Waals surface area contributed by atoms with Crippen molar-refractivity contribution in [1.29, 1.82) is 0 Å². The van der Waals surface area contributed by atoms with E-state index in [9.17, 15) is 13.6 Å². The lowest BCUT2D eigenvalue weighted by Gasteiger charge is -2.07. The molecule has 0 atom stereocenters. The van der Waals surface area contributed by atoms with Crippen molar-refractivity contribution in [3.05, 3.63) is 76.5 Å². The fourth-order valence-corrected chi connectivity index (χ4v) is 2.78. The van der Waals surface area contributed by atoms with Crippen molar-refractivity contribution in [3.8, 4) is 0 Å². The van der Waals surface area contributed by atoms with Crippen molar-refractivity contribution < 1.29 is 13.6 Å². The van der Waals surface area contributed by atoms with E-state index in [0.29, 0.717) is 11.1 Å². The van der Waals surface area contributed by atoms with E-state index in [1.807, 2.05) is 25.1 Å². The van der Waals surface area contributed by atoms with Gasteiger partial charge in [-0.1, -0.05) is 13.0 Å². The summed E-state index contributed by atoms with van der Waals surface area (Å²) in [6.45, 7) is 4.04. The molecule has 4 heteroatoms. The highest BCUT2D eigenvalue weighted by Gasteiger charge is 2.11. The van der Waals surface area contributed by atoms with E-state index >= 15 is 0 Å². The van der Waals surface area contributed by atoms with E-state index in [1.54, 1.807) is 6.07 Å². The molecule has 0 spiro atoms. The van der Waals surface area contributed by atoms with Crippen molar-refractivity contribution in [2.45, 2.75) is 26.7 Å². The van der Waals surface area contributed by atoms with Crippen LogP contribution in [0.4, 0.5) is 8.78 Å². The molecule has 0 aliphatic heterocycles. The van der Waals surface area contributed by atoms with Gasteiger partial charge in [0.05, 0.1) is 5.52 Å². The highest BCUT2D eigenvalue weighted by Crippen LogP contribution is 2.20. The smallest absolute Gasteiger partial charge is 0.167 e. The molecular weight excluding hydrogens is 308 g/mol. The Morgan fingerprint density at radius 3 is 2.54 bits per heavy atom. The molecule has 0 saturated heterocycles. The number of aromatic nitrogens is 1. The van der Waals surface area contributed by atoms with Crippen LogP contribution < -0.4 is 0 Å². The molecule has 0 aliphatic rings. The predicted molar refractivity (Wildman–Crippen MR) is 90.3 cm³/mol. The Morgan fingerprint density at radius 1 is 1.04 bits per heavy atom. The van der Waals surface area contributed by atoms with Crippen LogP contribution in [0.2, 0.25) is 0 Å². The minimum absolute atomic E-state index is 0.0304. The largest absolute Gasteiger partial charge is 0.294 e. The summed E-state index contributed by atoms with van der Waals surface area (Å²) in [6, 6.07) is 10.9. The van der Waals surface area contributed by atoms with Crippen molar-refractivity contribution in [1.82, 2.24) is 4.98 Å². The Kier molecular flexibility index (Phi) is 4.38. The molecule has 0 fully saturated rings. The lowest BCUT2D eigenvalue weighted by molar-refractivity contribution is 0.0993. The number of carbonyl (C=O) groups excluding carboxylic acids is 1. The highest BCUT2D eigenvalue weighted by molar-refractivity contribution is 6.00. The molecule has 122 valence electrons. The normalized spacial score (nSPS) is 11.0. The average Bonchev–Trinajstić information content (AvgIpc) is 2.57. The molecule has 3 aromatic rings. The van der Waals surface area contributed by atoms with Gasteiger partial charge in [-0.3, -0.25) is 9.78 Å². The molecule has 0 N–H and O–H groups in total. The Morgan fingerprint density at radius 2 is 1.83 bits per heavy atom. The number of ketones is 1. The van der Waals surface area contributed by atoms with Crippen LogP contribution in [0.3, 0.4) is 0 Å². The molecule has 2 nitrogen and oxygen atoms in total. The quantitative estimate of drug-likeness (QED) is 0.644. The fraction of sp³-hybridized carbons (Fsp3) is 0.200. The number of hydrogen-bond donors (Lipinski definition) is 0. The van der Waals surface area contributed by atoms with Gasteiger partial charge in [-0.25, -0.2) is 8.78 Å². The Bertz CT molecular complexity index is 934. The Labute approximate surface area is 139 Å².